The minimum Gasteiger partial charge on any atom is -0.460 e. The Morgan fingerprint density at radius 3 is 2.36 bits per heavy atom. The molecular weight excluding hydrogens is 320 g/mol. The van der Waals surface area contributed by atoms with E-state index >= 15 is 0 Å². The van der Waals surface area contributed by atoms with Crippen molar-refractivity contribution >= 4 is 12.1 Å². The number of esters is 1. The molecule has 136 valence electrons. The van der Waals surface area contributed by atoms with Gasteiger partial charge in [-0.05, 0) is 32.8 Å². The van der Waals surface area contributed by atoms with Crippen molar-refractivity contribution in [1.82, 2.24) is 9.80 Å². The van der Waals surface area contributed by atoms with Gasteiger partial charge in [-0.2, -0.15) is 0 Å². The van der Waals surface area contributed by atoms with E-state index < -0.39 is 5.60 Å². The number of hydrogen-bond donors (Lipinski definition) is 0. The zero-order valence-electron chi connectivity index (χ0n) is 15.1. The summed E-state index contributed by atoms with van der Waals surface area (Å²) in [6, 6.07) is 10.1. The lowest BCUT2D eigenvalue weighted by atomic mass is 9.87. The second kappa shape index (κ2) is 7.04. The lowest BCUT2D eigenvalue weighted by Crippen LogP contribution is -2.70. The third-order valence-electron chi connectivity index (χ3n) is 4.55. The van der Waals surface area contributed by atoms with Crippen LogP contribution in [0.5, 0.6) is 0 Å². The number of amides is 1. The highest BCUT2D eigenvalue weighted by Gasteiger charge is 2.47. The van der Waals surface area contributed by atoms with Crippen LogP contribution in [0.4, 0.5) is 4.79 Å². The van der Waals surface area contributed by atoms with Crippen LogP contribution in [-0.2, 0) is 20.9 Å². The molecule has 0 aromatic heterocycles. The lowest BCUT2D eigenvalue weighted by molar-refractivity contribution is -0.153. The molecule has 3 aliphatic heterocycles. The van der Waals surface area contributed by atoms with Gasteiger partial charge in [0.15, 0.2) is 0 Å². The Hall–Kier alpha value is -2.08. The maximum Gasteiger partial charge on any atom is 0.410 e. The molecule has 3 heterocycles. The smallest absolute Gasteiger partial charge is 0.410 e. The van der Waals surface area contributed by atoms with Crippen LogP contribution in [0.2, 0.25) is 0 Å². The molecule has 6 nitrogen and oxygen atoms in total. The first-order valence-corrected chi connectivity index (χ1v) is 8.75. The molecule has 3 saturated heterocycles. The number of carbonyl (C=O) groups is 2. The fraction of sp³-hybridized carbons (Fsp3) is 0.579. The van der Waals surface area contributed by atoms with Crippen LogP contribution >= 0.6 is 0 Å². The summed E-state index contributed by atoms with van der Waals surface area (Å²) in [5.41, 5.74) is 0.496. The Kier molecular flexibility index (Phi) is 4.99. The summed E-state index contributed by atoms with van der Waals surface area (Å²) in [5.74, 6) is -0.218. The lowest BCUT2D eigenvalue weighted by Gasteiger charge is -2.55. The van der Waals surface area contributed by atoms with E-state index in [-0.39, 0.29) is 30.7 Å². The topological polar surface area (TPSA) is 59.1 Å². The molecule has 0 N–H and O–H groups in total. The minimum absolute atomic E-state index is 0.218. The van der Waals surface area contributed by atoms with Gasteiger partial charge in [0.2, 0.25) is 0 Å². The van der Waals surface area contributed by atoms with Crippen molar-refractivity contribution in [3.8, 4) is 0 Å². The van der Waals surface area contributed by atoms with Crippen molar-refractivity contribution in [3.05, 3.63) is 35.9 Å². The fourth-order valence-corrected chi connectivity index (χ4v) is 3.35. The van der Waals surface area contributed by atoms with Crippen molar-refractivity contribution in [1.29, 1.82) is 0 Å². The minimum atomic E-state index is -0.486. The first-order valence-electron chi connectivity index (χ1n) is 8.75. The largest absolute Gasteiger partial charge is 0.460 e. The molecule has 0 radical (unpaired) electrons. The van der Waals surface area contributed by atoms with Crippen LogP contribution < -0.4 is 0 Å². The highest BCUT2D eigenvalue weighted by atomic mass is 16.6. The molecule has 2 bridgehead atoms. The molecule has 1 amide bonds. The van der Waals surface area contributed by atoms with Gasteiger partial charge >= 0.3 is 12.1 Å². The van der Waals surface area contributed by atoms with Gasteiger partial charge in [-0.3, -0.25) is 9.69 Å². The molecule has 0 spiro atoms. The molecule has 0 saturated carbocycles. The van der Waals surface area contributed by atoms with Gasteiger partial charge in [-0.15, -0.1) is 0 Å². The summed E-state index contributed by atoms with van der Waals surface area (Å²) < 4.78 is 10.8. The molecule has 0 aliphatic carbocycles. The molecule has 2 atom stereocenters. The number of piperazine rings is 1. The number of piperidine rings is 1. The second-order valence-corrected chi connectivity index (χ2v) is 7.75. The standard InChI is InChI=1S/C19H26N2O4/c1-19(2,3)25-18(23)20-10-15-9-16(11-20)21(15)12-17(22)24-13-14-7-5-4-6-8-14/h4-8,15-16H,9-13H2,1-3H3. The Bertz CT molecular complexity index is 614. The highest BCUT2D eigenvalue weighted by Crippen LogP contribution is 2.32. The number of hydrogen-bond acceptors (Lipinski definition) is 5. The summed E-state index contributed by atoms with van der Waals surface area (Å²) >= 11 is 0. The molecule has 3 aliphatic rings. The maximum absolute atomic E-state index is 12.2. The van der Waals surface area contributed by atoms with Gasteiger partial charge in [0.1, 0.15) is 12.2 Å². The Morgan fingerprint density at radius 2 is 1.76 bits per heavy atom. The van der Waals surface area contributed by atoms with E-state index in [9.17, 15) is 9.59 Å². The van der Waals surface area contributed by atoms with Crippen LogP contribution in [0.15, 0.2) is 30.3 Å². The normalized spacial score (nSPS) is 22.9. The number of carbonyl (C=O) groups excluding carboxylic acids is 2. The molecule has 2 unspecified atom stereocenters. The zero-order chi connectivity index (χ0) is 18.0. The molecule has 1 aromatic carbocycles. The van der Waals surface area contributed by atoms with E-state index in [1.54, 1.807) is 4.90 Å². The number of benzene rings is 1. The van der Waals surface area contributed by atoms with Crippen LogP contribution in [0, 0.1) is 0 Å². The van der Waals surface area contributed by atoms with Gasteiger partial charge in [-0.1, -0.05) is 30.3 Å². The van der Waals surface area contributed by atoms with E-state index in [1.807, 2.05) is 51.1 Å². The van der Waals surface area contributed by atoms with Gasteiger partial charge in [0.05, 0.1) is 6.54 Å². The number of nitrogens with zero attached hydrogens (tertiary/aromatic N) is 2. The third kappa shape index (κ3) is 4.51. The molecule has 4 rings (SSSR count). The average Bonchev–Trinajstić information content (AvgIpc) is 2.57. The van der Waals surface area contributed by atoms with Gasteiger partial charge in [-0.25, -0.2) is 4.79 Å². The summed E-state index contributed by atoms with van der Waals surface area (Å²) in [4.78, 5) is 28.1. The van der Waals surface area contributed by atoms with Crippen molar-refractivity contribution in [2.24, 2.45) is 0 Å². The number of rotatable bonds is 4. The number of ether oxygens (including phenoxy) is 2. The van der Waals surface area contributed by atoms with Crippen molar-refractivity contribution in [3.63, 3.8) is 0 Å². The van der Waals surface area contributed by atoms with Gasteiger partial charge in [0, 0.05) is 25.2 Å². The fourth-order valence-electron chi connectivity index (χ4n) is 3.35. The molecule has 3 fully saturated rings. The van der Waals surface area contributed by atoms with E-state index in [4.69, 9.17) is 9.47 Å². The van der Waals surface area contributed by atoms with Crippen LogP contribution in [0.1, 0.15) is 32.8 Å². The van der Waals surface area contributed by atoms with Crippen molar-refractivity contribution < 1.29 is 19.1 Å². The van der Waals surface area contributed by atoms with E-state index in [0.29, 0.717) is 19.7 Å². The Labute approximate surface area is 148 Å². The van der Waals surface area contributed by atoms with E-state index in [1.165, 1.54) is 0 Å². The Morgan fingerprint density at radius 1 is 1.12 bits per heavy atom. The molecule has 25 heavy (non-hydrogen) atoms. The zero-order valence-corrected chi connectivity index (χ0v) is 15.1. The summed E-state index contributed by atoms with van der Waals surface area (Å²) in [6.07, 6.45) is 0.749. The van der Waals surface area contributed by atoms with E-state index in [0.717, 1.165) is 12.0 Å². The molecule has 6 heteroatoms. The summed E-state index contributed by atoms with van der Waals surface area (Å²) in [7, 11) is 0. The molecule has 1 aromatic rings. The van der Waals surface area contributed by atoms with Gasteiger partial charge < -0.3 is 14.4 Å². The summed E-state index contributed by atoms with van der Waals surface area (Å²) in [5, 5.41) is 0. The monoisotopic (exact) mass is 346 g/mol. The predicted molar refractivity (Wildman–Crippen MR) is 92.9 cm³/mol. The average molecular weight is 346 g/mol. The summed E-state index contributed by atoms with van der Waals surface area (Å²) in [6.45, 7) is 7.39. The maximum atomic E-state index is 12.2. The van der Waals surface area contributed by atoms with Crippen LogP contribution in [0.3, 0.4) is 0 Å². The SMILES string of the molecule is CC(C)(C)OC(=O)N1CC2CC(C1)N2CC(=O)OCc1ccccc1. The van der Waals surface area contributed by atoms with Crippen LogP contribution in [0.25, 0.3) is 0 Å². The van der Waals surface area contributed by atoms with Crippen LogP contribution in [-0.4, -0.2) is 59.2 Å². The first-order chi connectivity index (χ1) is 11.8. The van der Waals surface area contributed by atoms with Crippen molar-refractivity contribution in [2.75, 3.05) is 19.6 Å². The third-order valence-corrected chi connectivity index (χ3v) is 4.55. The Balaban J connectivity index is 1.44. The van der Waals surface area contributed by atoms with Gasteiger partial charge in [0.25, 0.3) is 0 Å². The van der Waals surface area contributed by atoms with Crippen molar-refractivity contribution in [2.45, 2.75) is 51.5 Å². The molecular formula is C19H26N2O4. The van der Waals surface area contributed by atoms with E-state index in [2.05, 4.69) is 4.90 Å². The number of fused-ring (bicyclic) bond motifs is 2. The second-order valence-electron chi connectivity index (χ2n) is 7.75. The first kappa shape index (κ1) is 17.7. The quantitative estimate of drug-likeness (QED) is 0.784. The predicted octanol–water partition coefficient (Wildman–Crippen LogP) is 2.42. The highest BCUT2D eigenvalue weighted by molar-refractivity contribution is 5.72.